The molecule has 1 heterocycles. The molecule has 0 aliphatic heterocycles. The Morgan fingerprint density at radius 2 is 2.35 bits per heavy atom. The van der Waals surface area contributed by atoms with E-state index in [1.165, 1.54) is 30.6 Å². The molecule has 0 saturated heterocycles. The third-order valence-electron chi connectivity index (χ3n) is 1.91. The Bertz CT molecular complexity index is 567. The van der Waals surface area contributed by atoms with E-state index in [-0.39, 0.29) is 5.69 Å². The van der Waals surface area contributed by atoms with Crippen molar-refractivity contribution in [1.82, 2.24) is 15.4 Å². The lowest BCUT2D eigenvalue weighted by Gasteiger charge is -1.97. The van der Waals surface area contributed by atoms with Crippen LogP contribution in [0.2, 0.25) is 5.02 Å². The predicted octanol–water partition coefficient (Wildman–Crippen LogP) is 2.12. The molecule has 0 radical (unpaired) electrons. The van der Waals surface area contributed by atoms with Crippen LogP contribution in [-0.2, 0) is 0 Å². The minimum atomic E-state index is -0.508. The van der Waals surface area contributed by atoms with Gasteiger partial charge in [-0.25, -0.2) is 0 Å². The Balaban J connectivity index is 2.31. The fraction of sp³-hybridized carbons (Fsp3) is 0. The molecule has 1 aromatic heterocycles. The van der Waals surface area contributed by atoms with Gasteiger partial charge in [-0.2, -0.15) is 15.4 Å². The third-order valence-corrected chi connectivity index (χ3v) is 2.23. The van der Waals surface area contributed by atoms with Gasteiger partial charge >= 0.3 is 0 Å². The van der Waals surface area contributed by atoms with Crippen LogP contribution in [0, 0.1) is 10.1 Å². The molecule has 0 unspecified atom stereocenters. The molecule has 1 aromatic carbocycles. The number of nitro groups is 1. The average molecular weight is 252 g/mol. The summed E-state index contributed by atoms with van der Waals surface area (Å²) < 4.78 is 0. The molecule has 86 valence electrons. The van der Waals surface area contributed by atoms with E-state index < -0.39 is 4.92 Å². The van der Waals surface area contributed by atoms with Crippen LogP contribution in [0.15, 0.2) is 29.4 Å². The largest absolute Gasteiger partial charge is 0.271 e. The summed E-state index contributed by atoms with van der Waals surface area (Å²) >= 11 is 5.86. The van der Waals surface area contributed by atoms with Crippen LogP contribution in [0.25, 0.3) is 0 Å². The maximum atomic E-state index is 10.6. The van der Waals surface area contributed by atoms with Gasteiger partial charge in [-0.3, -0.25) is 15.1 Å². The zero-order valence-corrected chi connectivity index (χ0v) is 9.13. The van der Waals surface area contributed by atoms with E-state index in [1.54, 1.807) is 0 Å². The van der Waals surface area contributed by atoms with Crippen LogP contribution in [-0.4, -0.2) is 26.5 Å². The SMILES string of the molecule is O=[N+]([O-])c1ccc(Cl)c(N=Cc2cn[nH]n2)c1. The van der Waals surface area contributed by atoms with Gasteiger partial charge in [0.05, 0.1) is 28.0 Å². The Hall–Kier alpha value is -2.28. The first-order chi connectivity index (χ1) is 8.16. The standard InChI is InChI=1S/C9H6ClN5O2/c10-8-2-1-7(15(16)17)3-9(8)11-4-6-5-12-14-13-6/h1-5H,(H,12,13,14). The van der Waals surface area contributed by atoms with Gasteiger partial charge in [-0.15, -0.1) is 0 Å². The number of aliphatic imine (C=N–C) groups is 1. The van der Waals surface area contributed by atoms with Gasteiger partial charge in [0, 0.05) is 12.1 Å². The highest BCUT2D eigenvalue weighted by molar-refractivity contribution is 6.33. The number of nitrogens with zero attached hydrogens (tertiary/aromatic N) is 4. The van der Waals surface area contributed by atoms with Gasteiger partial charge in [-0.1, -0.05) is 11.6 Å². The van der Waals surface area contributed by atoms with Crippen molar-refractivity contribution in [2.45, 2.75) is 0 Å². The molecule has 0 fully saturated rings. The zero-order valence-electron chi connectivity index (χ0n) is 8.37. The molecule has 1 N–H and O–H groups in total. The fourth-order valence-corrected chi connectivity index (χ4v) is 1.29. The lowest BCUT2D eigenvalue weighted by atomic mass is 10.3. The molecule has 0 saturated carbocycles. The van der Waals surface area contributed by atoms with Crippen molar-refractivity contribution in [2.24, 2.45) is 4.99 Å². The lowest BCUT2D eigenvalue weighted by Crippen LogP contribution is -1.87. The second kappa shape index (κ2) is 4.71. The minimum Gasteiger partial charge on any atom is -0.258 e. The first-order valence-corrected chi connectivity index (χ1v) is 4.88. The van der Waals surface area contributed by atoms with E-state index in [9.17, 15) is 10.1 Å². The van der Waals surface area contributed by atoms with Gasteiger partial charge in [0.15, 0.2) is 0 Å². The molecular weight excluding hydrogens is 246 g/mol. The summed E-state index contributed by atoms with van der Waals surface area (Å²) in [6.07, 6.45) is 2.88. The van der Waals surface area contributed by atoms with Crippen molar-refractivity contribution in [3.8, 4) is 0 Å². The van der Waals surface area contributed by atoms with E-state index in [4.69, 9.17) is 11.6 Å². The number of aromatic nitrogens is 3. The van der Waals surface area contributed by atoms with Crippen LogP contribution in [0.5, 0.6) is 0 Å². The molecule has 8 heteroatoms. The molecule has 0 amide bonds. The summed E-state index contributed by atoms with van der Waals surface area (Å²) in [5.41, 5.74) is 0.748. The second-order valence-electron chi connectivity index (χ2n) is 3.05. The van der Waals surface area contributed by atoms with Crippen molar-refractivity contribution in [2.75, 3.05) is 0 Å². The quantitative estimate of drug-likeness (QED) is 0.513. The monoisotopic (exact) mass is 251 g/mol. The van der Waals surface area contributed by atoms with Crippen molar-refractivity contribution < 1.29 is 4.92 Å². The van der Waals surface area contributed by atoms with Gasteiger partial charge in [-0.05, 0) is 6.07 Å². The number of rotatable bonds is 3. The summed E-state index contributed by atoms with van der Waals surface area (Å²) in [6, 6.07) is 4.03. The molecule has 2 rings (SSSR count). The van der Waals surface area contributed by atoms with Crippen molar-refractivity contribution in [3.63, 3.8) is 0 Å². The van der Waals surface area contributed by atoms with E-state index in [0.29, 0.717) is 16.4 Å². The van der Waals surface area contributed by atoms with E-state index in [2.05, 4.69) is 20.4 Å². The molecule has 17 heavy (non-hydrogen) atoms. The summed E-state index contributed by atoms with van der Waals surface area (Å²) in [6.45, 7) is 0. The maximum Gasteiger partial charge on any atom is 0.271 e. The van der Waals surface area contributed by atoms with Crippen molar-refractivity contribution in [1.29, 1.82) is 0 Å². The van der Waals surface area contributed by atoms with Crippen molar-refractivity contribution >= 4 is 29.2 Å². The fourth-order valence-electron chi connectivity index (χ4n) is 1.12. The van der Waals surface area contributed by atoms with Gasteiger partial charge in [0.2, 0.25) is 0 Å². The minimum absolute atomic E-state index is 0.0679. The van der Waals surface area contributed by atoms with Gasteiger partial charge in [0.25, 0.3) is 5.69 Å². The first-order valence-electron chi connectivity index (χ1n) is 4.50. The second-order valence-corrected chi connectivity index (χ2v) is 3.45. The Morgan fingerprint density at radius 3 is 3.00 bits per heavy atom. The third kappa shape index (κ3) is 2.64. The Labute approximate surface area is 100 Å². The number of aromatic amines is 1. The molecule has 0 aliphatic rings. The molecule has 0 bridgehead atoms. The van der Waals surface area contributed by atoms with Crippen LogP contribution < -0.4 is 0 Å². The highest BCUT2D eigenvalue weighted by Gasteiger charge is 2.08. The summed E-state index contributed by atoms with van der Waals surface area (Å²) in [7, 11) is 0. The predicted molar refractivity (Wildman–Crippen MR) is 61.7 cm³/mol. The Morgan fingerprint density at radius 1 is 1.53 bits per heavy atom. The molecule has 2 aromatic rings. The molecule has 7 nitrogen and oxygen atoms in total. The van der Waals surface area contributed by atoms with Gasteiger partial charge in [0.1, 0.15) is 5.69 Å². The summed E-state index contributed by atoms with van der Waals surface area (Å²) in [5, 5.41) is 20.7. The van der Waals surface area contributed by atoms with Crippen LogP contribution in [0.1, 0.15) is 5.69 Å². The summed E-state index contributed by atoms with van der Waals surface area (Å²) in [4.78, 5) is 14.1. The number of hydrogen-bond donors (Lipinski definition) is 1. The number of nitro benzene ring substituents is 1. The van der Waals surface area contributed by atoms with Crippen LogP contribution in [0.4, 0.5) is 11.4 Å². The normalized spacial score (nSPS) is 10.9. The van der Waals surface area contributed by atoms with Gasteiger partial charge < -0.3 is 0 Å². The highest BCUT2D eigenvalue weighted by atomic mass is 35.5. The first kappa shape index (κ1) is 11.2. The Kier molecular flexibility index (Phi) is 3.10. The van der Waals surface area contributed by atoms with Crippen molar-refractivity contribution in [3.05, 3.63) is 45.2 Å². The summed E-state index contributed by atoms with van der Waals surface area (Å²) in [5.74, 6) is 0. The van der Waals surface area contributed by atoms with Crippen LogP contribution >= 0.6 is 11.6 Å². The zero-order chi connectivity index (χ0) is 12.3. The number of halogens is 1. The van der Waals surface area contributed by atoms with E-state index in [0.717, 1.165) is 0 Å². The smallest absolute Gasteiger partial charge is 0.258 e. The molecular formula is C9H6ClN5O2. The van der Waals surface area contributed by atoms with E-state index in [1.807, 2.05) is 0 Å². The molecule has 0 atom stereocenters. The number of nitrogens with one attached hydrogen (secondary N) is 1. The van der Waals surface area contributed by atoms with Crippen LogP contribution in [0.3, 0.4) is 0 Å². The number of benzene rings is 1. The maximum absolute atomic E-state index is 10.6. The number of H-pyrrole nitrogens is 1. The number of hydrogen-bond acceptors (Lipinski definition) is 5. The number of non-ortho nitro benzene ring substituents is 1. The lowest BCUT2D eigenvalue weighted by molar-refractivity contribution is -0.384. The average Bonchev–Trinajstić information content (AvgIpc) is 2.80. The molecule has 0 spiro atoms. The molecule has 0 aliphatic carbocycles. The van der Waals surface area contributed by atoms with E-state index >= 15 is 0 Å². The topological polar surface area (TPSA) is 97.1 Å². The highest BCUT2D eigenvalue weighted by Crippen LogP contribution is 2.28.